The highest BCUT2D eigenvalue weighted by atomic mass is 16.4. The Morgan fingerprint density at radius 3 is 1.39 bits per heavy atom. The Morgan fingerprint density at radius 2 is 1.13 bits per heavy atom. The van der Waals surface area contributed by atoms with E-state index in [1.807, 2.05) is 0 Å². The first-order valence-corrected chi connectivity index (χ1v) is 9.10. The summed E-state index contributed by atoms with van der Waals surface area (Å²) in [7, 11) is 0. The summed E-state index contributed by atoms with van der Waals surface area (Å²) in [6, 6.07) is 0. The molecule has 0 aromatic rings. The highest BCUT2D eigenvalue weighted by molar-refractivity contribution is 5.70. The summed E-state index contributed by atoms with van der Waals surface area (Å²) in [5.41, 5.74) is 0.162. The minimum Gasteiger partial charge on any atom is -0.481 e. The van der Waals surface area contributed by atoms with Gasteiger partial charge in [0.2, 0.25) is 0 Å². The van der Waals surface area contributed by atoms with Gasteiger partial charge in [0.25, 0.3) is 0 Å². The van der Waals surface area contributed by atoms with E-state index >= 15 is 0 Å². The van der Waals surface area contributed by atoms with Crippen molar-refractivity contribution in [3.8, 4) is 0 Å². The van der Waals surface area contributed by atoms with Crippen LogP contribution in [0.2, 0.25) is 0 Å². The van der Waals surface area contributed by atoms with Crippen molar-refractivity contribution in [2.24, 2.45) is 40.9 Å². The Balaban J connectivity index is 2.02. The van der Waals surface area contributed by atoms with Gasteiger partial charge in [0.15, 0.2) is 0 Å². The quantitative estimate of drug-likeness (QED) is 0.809. The molecule has 0 spiro atoms. The van der Waals surface area contributed by atoms with E-state index in [9.17, 15) is 19.8 Å². The van der Waals surface area contributed by atoms with E-state index < -0.39 is 11.9 Å². The molecule has 23 heavy (non-hydrogen) atoms. The third-order valence-corrected chi connectivity index (χ3v) is 7.08. The average Bonchev–Trinajstić information content (AvgIpc) is 2.46. The first-order chi connectivity index (χ1) is 10.6. The molecule has 2 rings (SSSR count). The van der Waals surface area contributed by atoms with Gasteiger partial charge in [-0.3, -0.25) is 9.59 Å². The van der Waals surface area contributed by atoms with Crippen molar-refractivity contribution in [3.05, 3.63) is 0 Å². The van der Waals surface area contributed by atoms with Crippen LogP contribution in [-0.2, 0) is 9.59 Å². The summed E-state index contributed by atoms with van der Waals surface area (Å²) in [6.45, 7) is 8.80. The molecule has 2 N–H and O–H groups in total. The third-order valence-electron chi connectivity index (χ3n) is 7.08. The van der Waals surface area contributed by atoms with E-state index in [1.165, 1.54) is 0 Å². The lowest BCUT2D eigenvalue weighted by Crippen LogP contribution is -2.42. The number of carboxylic acids is 2. The van der Waals surface area contributed by atoms with Crippen molar-refractivity contribution in [1.82, 2.24) is 0 Å². The summed E-state index contributed by atoms with van der Waals surface area (Å²) in [5, 5.41) is 18.6. The fourth-order valence-corrected chi connectivity index (χ4v) is 5.21. The molecule has 0 amide bonds. The van der Waals surface area contributed by atoms with Gasteiger partial charge in [0.1, 0.15) is 0 Å². The Labute approximate surface area is 139 Å². The van der Waals surface area contributed by atoms with Crippen LogP contribution in [0, 0.1) is 40.9 Å². The molecule has 2 aliphatic rings. The van der Waals surface area contributed by atoms with Crippen molar-refractivity contribution >= 4 is 11.9 Å². The van der Waals surface area contributed by atoms with Gasteiger partial charge in [-0.05, 0) is 67.6 Å². The van der Waals surface area contributed by atoms with E-state index in [0.29, 0.717) is 11.8 Å². The third kappa shape index (κ3) is 3.72. The molecule has 4 heteroatoms. The van der Waals surface area contributed by atoms with Gasteiger partial charge in [-0.25, -0.2) is 0 Å². The van der Waals surface area contributed by atoms with Crippen LogP contribution in [0.3, 0.4) is 0 Å². The smallest absolute Gasteiger partial charge is 0.306 e. The van der Waals surface area contributed by atoms with Crippen molar-refractivity contribution in [2.45, 2.75) is 66.2 Å². The van der Waals surface area contributed by atoms with Crippen molar-refractivity contribution in [2.75, 3.05) is 0 Å². The van der Waals surface area contributed by atoms with Crippen molar-refractivity contribution in [3.63, 3.8) is 0 Å². The number of rotatable bonds is 4. The number of hydrogen-bond acceptors (Lipinski definition) is 2. The first-order valence-electron chi connectivity index (χ1n) is 9.10. The predicted octanol–water partition coefficient (Wildman–Crippen LogP) is 4.29. The topological polar surface area (TPSA) is 74.6 Å². The van der Waals surface area contributed by atoms with Crippen LogP contribution in [0.1, 0.15) is 66.2 Å². The van der Waals surface area contributed by atoms with Gasteiger partial charge in [-0.2, -0.15) is 0 Å². The summed E-state index contributed by atoms with van der Waals surface area (Å²) in [5.74, 6) is -0.115. The lowest BCUT2D eigenvalue weighted by molar-refractivity contribution is -0.146. The lowest BCUT2D eigenvalue weighted by Gasteiger charge is -2.48. The van der Waals surface area contributed by atoms with Crippen LogP contribution < -0.4 is 0 Å². The molecule has 132 valence electrons. The van der Waals surface area contributed by atoms with Crippen LogP contribution in [0.5, 0.6) is 0 Å². The molecule has 2 fully saturated rings. The molecule has 4 nitrogen and oxygen atoms in total. The maximum atomic E-state index is 11.3. The number of carbonyl (C=O) groups is 2. The molecule has 2 saturated carbocycles. The molecule has 0 aliphatic heterocycles. The molecule has 0 saturated heterocycles. The normalized spacial score (nSPS) is 39.0. The van der Waals surface area contributed by atoms with E-state index in [2.05, 4.69) is 27.7 Å². The van der Waals surface area contributed by atoms with Crippen LogP contribution in [0.4, 0.5) is 0 Å². The zero-order valence-electron chi connectivity index (χ0n) is 14.9. The zero-order chi connectivity index (χ0) is 17.4. The summed E-state index contributed by atoms with van der Waals surface area (Å²) in [6.07, 6.45) is 5.51. The van der Waals surface area contributed by atoms with Gasteiger partial charge in [0, 0.05) is 0 Å². The summed E-state index contributed by atoms with van der Waals surface area (Å²) in [4.78, 5) is 22.6. The Kier molecular flexibility index (Phi) is 5.42. The van der Waals surface area contributed by atoms with E-state index in [4.69, 9.17) is 0 Å². The molecule has 6 unspecified atom stereocenters. The highest BCUT2D eigenvalue weighted by Gasteiger charge is 2.45. The fraction of sp³-hybridized carbons (Fsp3) is 0.895. The molecule has 6 atom stereocenters. The monoisotopic (exact) mass is 324 g/mol. The largest absolute Gasteiger partial charge is 0.481 e. The fourth-order valence-electron chi connectivity index (χ4n) is 5.21. The van der Waals surface area contributed by atoms with Crippen LogP contribution >= 0.6 is 0 Å². The Morgan fingerprint density at radius 1 is 0.783 bits per heavy atom. The van der Waals surface area contributed by atoms with Crippen LogP contribution in [-0.4, -0.2) is 22.2 Å². The molecular weight excluding hydrogens is 292 g/mol. The van der Waals surface area contributed by atoms with Gasteiger partial charge < -0.3 is 10.2 Å². The highest BCUT2D eigenvalue weighted by Crippen LogP contribution is 2.52. The second-order valence-electron chi connectivity index (χ2n) is 8.69. The second-order valence-corrected chi connectivity index (χ2v) is 8.69. The predicted molar refractivity (Wildman–Crippen MR) is 89.0 cm³/mol. The van der Waals surface area contributed by atoms with Crippen LogP contribution in [0.25, 0.3) is 0 Å². The Hall–Kier alpha value is -1.06. The van der Waals surface area contributed by atoms with Gasteiger partial charge >= 0.3 is 11.9 Å². The van der Waals surface area contributed by atoms with E-state index in [1.54, 1.807) is 0 Å². The minimum absolute atomic E-state index is 0.162. The van der Waals surface area contributed by atoms with Gasteiger partial charge in [0.05, 0.1) is 11.8 Å². The number of carboxylic acid groups (broad SMARTS) is 2. The Bertz CT molecular complexity index is 416. The molecule has 0 heterocycles. The number of aliphatic carboxylic acids is 2. The summed E-state index contributed by atoms with van der Waals surface area (Å²) >= 11 is 0. The molecule has 0 bridgehead atoms. The zero-order valence-corrected chi connectivity index (χ0v) is 14.9. The van der Waals surface area contributed by atoms with Crippen LogP contribution in [0.15, 0.2) is 0 Å². The average molecular weight is 324 g/mol. The maximum absolute atomic E-state index is 11.3. The summed E-state index contributed by atoms with van der Waals surface area (Å²) < 4.78 is 0. The molecule has 0 aromatic heterocycles. The molecule has 0 aromatic carbocycles. The van der Waals surface area contributed by atoms with E-state index in [0.717, 1.165) is 38.5 Å². The minimum atomic E-state index is -0.649. The van der Waals surface area contributed by atoms with Gasteiger partial charge in [-0.1, -0.05) is 27.7 Å². The standard InChI is InChI=1S/C19H32O4/c1-11-9-13(5-7-15(11)17(20)21)19(3,4)14-6-8-16(18(22)23)12(2)10-14/h11-16H,5-10H2,1-4H3,(H,20,21)(H,22,23). The van der Waals surface area contributed by atoms with E-state index in [-0.39, 0.29) is 29.1 Å². The van der Waals surface area contributed by atoms with Gasteiger partial charge in [-0.15, -0.1) is 0 Å². The number of hydrogen-bond donors (Lipinski definition) is 2. The maximum Gasteiger partial charge on any atom is 0.306 e. The van der Waals surface area contributed by atoms with Crippen molar-refractivity contribution < 1.29 is 19.8 Å². The van der Waals surface area contributed by atoms with Crippen molar-refractivity contribution in [1.29, 1.82) is 0 Å². The lowest BCUT2D eigenvalue weighted by atomic mass is 9.56. The molecular formula is C19H32O4. The molecule has 0 radical (unpaired) electrons. The first kappa shape index (κ1) is 18.3. The second kappa shape index (κ2) is 6.82. The molecule has 2 aliphatic carbocycles. The SMILES string of the molecule is CC1CC(C(C)(C)C2CCC(C(=O)O)C(C)C2)CCC1C(=O)O.